The van der Waals surface area contributed by atoms with Gasteiger partial charge in [-0.2, -0.15) is 0 Å². The molecule has 1 amide bonds. The smallest absolute Gasteiger partial charge is 0.222 e. The molecule has 0 radical (unpaired) electrons. The van der Waals surface area contributed by atoms with E-state index >= 15 is 0 Å². The van der Waals surface area contributed by atoms with E-state index < -0.39 is 0 Å². The maximum atomic E-state index is 11.8. The normalized spacial score (nSPS) is 17.7. The standard InChI is InChI=1S/C24H28N2O3/c1-3-23(27)26-14-12-20(13-15-26)29-19-10-8-17(9-11-19)21-16-18-6-4-5-7-22(18)25-24(21)28-2/h4-8,10,16,20H,3,9,11-15H2,1-2H3. The van der Waals surface area contributed by atoms with Crippen LogP contribution in [0.15, 0.2) is 48.2 Å². The van der Waals surface area contributed by atoms with Crippen LogP contribution in [0, 0.1) is 0 Å². The molecule has 1 aromatic carbocycles. The Morgan fingerprint density at radius 2 is 1.97 bits per heavy atom. The van der Waals surface area contributed by atoms with Gasteiger partial charge in [-0.05, 0) is 30.2 Å². The lowest BCUT2D eigenvalue weighted by atomic mass is 9.96. The Morgan fingerprint density at radius 1 is 1.17 bits per heavy atom. The fourth-order valence-corrected chi connectivity index (χ4v) is 4.09. The number of hydrogen-bond acceptors (Lipinski definition) is 4. The van der Waals surface area contributed by atoms with Crippen LogP contribution in [-0.4, -0.2) is 42.1 Å². The molecule has 5 nitrogen and oxygen atoms in total. The first-order chi connectivity index (χ1) is 14.2. The average molecular weight is 392 g/mol. The Bertz CT molecular complexity index is 956. The van der Waals surface area contributed by atoms with Crippen LogP contribution >= 0.6 is 0 Å². The molecule has 2 aromatic rings. The van der Waals surface area contributed by atoms with Crippen molar-refractivity contribution in [2.24, 2.45) is 0 Å². The molecule has 0 spiro atoms. The van der Waals surface area contributed by atoms with Crippen LogP contribution in [0.5, 0.6) is 5.88 Å². The fraction of sp³-hybridized carbons (Fsp3) is 0.417. The maximum absolute atomic E-state index is 11.8. The number of pyridine rings is 1. The van der Waals surface area contributed by atoms with Gasteiger partial charge in [0.25, 0.3) is 0 Å². The first kappa shape index (κ1) is 19.5. The number of para-hydroxylation sites is 1. The van der Waals surface area contributed by atoms with Gasteiger partial charge in [0.1, 0.15) is 6.10 Å². The number of amides is 1. The third kappa shape index (κ3) is 4.29. The minimum absolute atomic E-state index is 0.203. The van der Waals surface area contributed by atoms with Gasteiger partial charge in [0.15, 0.2) is 0 Å². The molecule has 1 aliphatic carbocycles. The first-order valence-electron chi connectivity index (χ1n) is 10.5. The molecular weight excluding hydrogens is 364 g/mol. The molecule has 0 atom stereocenters. The summed E-state index contributed by atoms with van der Waals surface area (Å²) in [5.74, 6) is 1.94. The summed E-state index contributed by atoms with van der Waals surface area (Å²) >= 11 is 0. The van der Waals surface area contributed by atoms with Gasteiger partial charge in [-0.25, -0.2) is 4.98 Å². The lowest BCUT2D eigenvalue weighted by Gasteiger charge is -2.33. The van der Waals surface area contributed by atoms with Crippen molar-refractivity contribution in [2.45, 2.75) is 45.1 Å². The lowest BCUT2D eigenvalue weighted by molar-refractivity contribution is -0.133. The predicted octanol–water partition coefficient (Wildman–Crippen LogP) is 4.72. The maximum Gasteiger partial charge on any atom is 0.222 e. The number of hydrogen-bond donors (Lipinski definition) is 0. The van der Waals surface area contributed by atoms with Crippen molar-refractivity contribution in [2.75, 3.05) is 20.2 Å². The van der Waals surface area contributed by atoms with E-state index in [9.17, 15) is 4.79 Å². The van der Waals surface area contributed by atoms with Gasteiger partial charge in [-0.3, -0.25) is 4.79 Å². The van der Waals surface area contributed by atoms with Gasteiger partial charge in [0.05, 0.1) is 18.4 Å². The van der Waals surface area contributed by atoms with Crippen molar-refractivity contribution in [1.29, 1.82) is 0 Å². The number of ether oxygens (including phenoxy) is 2. The Hall–Kier alpha value is -2.82. The third-order valence-corrected chi connectivity index (χ3v) is 5.75. The van der Waals surface area contributed by atoms with Crippen molar-refractivity contribution >= 4 is 22.4 Å². The van der Waals surface area contributed by atoms with Gasteiger partial charge in [0, 0.05) is 49.7 Å². The molecular formula is C24H28N2O3. The summed E-state index contributed by atoms with van der Waals surface area (Å²) in [7, 11) is 1.67. The minimum atomic E-state index is 0.203. The summed E-state index contributed by atoms with van der Waals surface area (Å²) in [6.07, 6.45) is 8.57. The number of likely N-dealkylation sites (tertiary alicyclic amines) is 1. The molecule has 1 aromatic heterocycles. The molecule has 0 saturated carbocycles. The minimum Gasteiger partial charge on any atom is -0.495 e. The number of carbonyl (C=O) groups is 1. The number of methoxy groups -OCH3 is 1. The van der Waals surface area contributed by atoms with Crippen molar-refractivity contribution in [3.8, 4) is 5.88 Å². The molecule has 0 bridgehead atoms. The molecule has 152 valence electrons. The van der Waals surface area contributed by atoms with Gasteiger partial charge in [-0.15, -0.1) is 0 Å². The van der Waals surface area contributed by atoms with Crippen molar-refractivity contribution in [1.82, 2.24) is 9.88 Å². The number of carbonyl (C=O) groups excluding carboxylic acids is 1. The Balaban J connectivity index is 1.45. The molecule has 2 aliphatic rings. The zero-order valence-corrected chi connectivity index (χ0v) is 17.2. The third-order valence-electron chi connectivity index (χ3n) is 5.75. The molecule has 0 unspecified atom stereocenters. The number of aromatic nitrogens is 1. The summed E-state index contributed by atoms with van der Waals surface area (Å²) in [5, 5.41) is 1.11. The van der Waals surface area contributed by atoms with Crippen LogP contribution in [0.3, 0.4) is 0 Å². The highest BCUT2D eigenvalue weighted by Gasteiger charge is 2.24. The Kier molecular flexibility index (Phi) is 5.84. The fourth-order valence-electron chi connectivity index (χ4n) is 4.09. The second-order valence-corrected chi connectivity index (χ2v) is 7.61. The summed E-state index contributed by atoms with van der Waals surface area (Å²) in [4.78, 5) is 18.4. The van der Waals surface area contributed by atoms with E-state index in [1.54, 1.807) is 7.11 Å². The monoisotopic (exact) mass is 392 g/mol. The van der Waals surface area contributed by atoms with Crippen molar-refractivity contribution in [3.05, 3.63) is 53.8 Å². The first-order valence-corrected chi connectivity index (χ1v) is 10.5. The molecule has 4 rings (SSSR count). The second kappa shape index (κ2) is 8.68. The lowest BCUT2D eigenvalue weighted by Crippen LogP contribution is -2.40. The predicted molar refractivity (Wildman–Crippen MR) is 115 cm³/mol. The van der Waals surface area contributed by atoms with E-state index in [4.69, 9.17) is 9.47 Å². The van der Waals surface area contributed by atoms with Crippen LogP contribution in [0.25, 0.3) is 16.5 Å². The van der Waals surface area contributed by atoms with Crippen LogP contribution in [0.4, 0.5) is 0 Å². The van der Waals surface area contributed by atoms with Gasteiger partial charge >= 0.3 is 0 Å². The van der Waals surface area contributed by atoms with Gasteiger partial charge < -0.3 is 14.4 Å². The van der Waals surface area contributed by atoms with Crippen LogP contribution in [0.2, 0.25) is 0 Å². The summed E-state index contributed by atoms with van der Waals surface area (Å²) in [5.41, 5.74) is 3.21. The number of piperidine rings is 1. The van der Waals surface area contributed by atoms with Crippen molar-refractivity contribution < 1.29 is 14.3 Å². The number of benzene rings is 1. The molecule has 5 heteroatoms. The van der Waals surface area contributed by atoms with Crippen LogP contribution in [-0.2, 0) is 9.53 Å². The highest BCUT2D eigenvalue weighted by Crippen LogP contribution is 2.34. The van der Waals surface area contributed by atoms with E-state index in [0.29, 0.717) is 12.3 Å². The molecule has 1 saturated heterocycles. The number of fused-ring (bicyclic) bond motifs is 1. The molecule has 0 N–H and O–H groups in total. The largest absolute Gasteiger partial charge is 0.495 e. The zero-order chi connectivity index (χ0) is 20.2. The molecule has 29 heavy (non-hydrogen) atoms. The second-order valence-electron chi connectivity index (χ2n) is 7.61. The quantitative estimate of drug-likeness (QED) is 0.739. The van der Waals surface area contributed by atoms with Crippen LogP contribution in [0.1, 0.15) is 44.6 Å². The van der Waals surface area contributed by atoms with E-state index in [2.05, 4.69) is 29.3 Å². The number of allylic oxidation sites excluding steroid dienone is 4. The van der Waals surface area contributed by atoms with E-state index in [0.717, 1.165) is 61.0 Å². The van der Waals surface area contributed by atoms with Gasteiger partial charge in [0.2, 0.25) is 11.8 Å². The SMILES string of the molecule is CCC(=O)N1CCC(OC2=CC=C(c3cc4ccccc4nc3OC)CC2)CC1. The summed E-state index contributed by atoms with van der Waals surface area (Å²) in [6, 6.07) is 10.3. The van der Waals surface area contributed by atoms with Crippen molar-refractivity contribution in [3.63, 3.8) is 0 Å². The summed E-state index contributed by atoms with van der Waals surface area (Å²) in [6.45, 7) is 3.51. The number of rotatable bonds is 5. The van der Waals surface area contributed by atoms with E-state index in [-0.39, 0.29) is 12.0 Å². The Labute approximate surface area is 172 Å². The topological polar surface area (TPSA) is 51.7 Å². The van der Waals surface area contributed by atoms with E-state index in [1.807, 2.05) is 30.0 Å². The molecule has 1 aliphatic heterocycles. The Morgan fingerprint density at radius 3 is 2.66 bits per heavy atom. The summed E-state index contributed by atoms with van der Waals surface area (Å²) < 4.78 is 11.8. The highest BCUT2D eigenvalue weighted by atomic mass is 16.5. The van der Waals surface area contributed by atoms with E-state index in [1.165, 1.54) is 5.57 Å². The average Bonchev–Trinajstić information content (AvgIpc) is 2.78. The highest BCUT2D eigenvalue weighted by molar-refractivity contribution is 5.85. The van der Waals surface area contributed by atoms with Gasteiger partial charge in [-0.1, -0.05) is 31.2 Å². The molecule has 1 fully saturated rings. The molecule has 2 heterocycles. The van der Waals surface area contributed by atoms with Crippen LogP contribution < -0.4 is 4.74 Å². The number of nitrogens with zero attached hydrogens (tertiary/aromatic N) is 2. The zero-order valence-electron chi connectivity index (χ0n) is 17.2.